The van der Waals surface area contributed by atoms with Crippen molar-refractivity contribution in [3.63, 3.8) is 0 Å². The van der Waals surface area contributed by atoms with Gasteiger partial charge in [-0.3, -0.25) is 4.79 Å². The first-order valence-corrected chi connectivity index (χ1v) is 7.55. The van der Waals surface area contributed by atoms with Crippen molar-refractivity contribution in [3.8, 4) is 0 Å². The molecule has 0 radical (unpaired) electrons. The Morgan fingerprint density at radius 1 is 1.53 bits per heavy atom. The summed E-state index contributed by atoms with van der Waals surface area (Å²) in [7, 11) is 0. The number of rotatable bonds is 7. The molecule has 1 aromatic rings. The van der Waals surface area contributed by atoms with Crippen molar-refractivity contribution in [1.82, 2.24) is 9.78 Å². The van der Waals surface area contributed by atoms with E-state index in [4.69, 9.17) is 11.6 Å². The standard InChI is InChI=1S/C14H22ClN3O/c1-3-5-11(4-2)17-13-12(15)8-16-18(14(13)19)9-10-6-7-10/h8,10-11,17H,3-7,9H2,1-2H3. The van der Waals surface area contributed by atoms with Crippen LogP contribution in [-0.2, 0) is 6.54 Å². The van der Waals surface area contributed by atoms with Crippen molar-refractivity contribution in [2.24, 2.45) is 5.92 Å². The first kappa shape index (κ1) is 14.4. The number of hydrogen-bond donors (Lipinski definition) is 1. The largest absolute Gasteiger partial charge is 0.377 e. The first-order chi connectivity index (χ1) is 9.15. The van der Waals surface area contributed by atoms with Gasteiger partial charge < -0.3 is 5.32 Å². The second-order valence-electron chi connectivity index (χ2n) is 5.34. The van der Waals surface area contributed by atoms with E-state index in [1.165, 1.54) is 12.8 Å². The van der Waals surface area contributed by atoms with Crippen molar-refractivity contribution in [1.29, 1.82) is 0 Å². The fourth-order valence-corrected chi connectivity index (χ4v) is 2.38. The molecule has 19 heavy (non-hydrogen) atoms. The van der Waals surface area contributed by atoms with Gasteiger partial charge in [-0.25, -0.2) is 4.68 Å². The number of nitrogens with zero attached hydrogens (tertiary/aromatic N) is 2. The molecule has 1 heterocycles. The number of hydrogen-bond acceptors (Lipinski definition) is 3. The van der Waals surface area contributed by atoms with Crippen LogP contribution in [0.1, 0.15) is 46.0 Å². The molecule has 106 valence electrons. The fourth-order valence-electron chi connectivity index (χ4n) is 2.21. The van der Waals surface area contributed by atoms with Crippen LogP contribution in [0.2, 0.25) is 5.02 Å². The maximum Gasteiger partial charge on any atom is 0.291 e. The Morgan fingerprint density at radius 2 is 2.26 bits per heavy atom. The third-order valence-corrected chi connectivity index (χ3v) is 3.89. The summed E-state index contributed by atoms with van der Waals surface area (Å²) in [5.41, 5.74) is 0.423. The van der Waals surface area contributed by atoms with Crippen molar-refractivity contribution in [2.45, 2.75) is 58.5 Å². The molecule has 1 unspecified atom stereocenters. The minimum Gasteiger partial charge on any atom is -0.377 e. The number of anilines is 1. The van der Waals surface area contributed by atoms with Crippen molar-refractivity contribution >= 4 is 17.3 Å². The lowest BCUT2D eigenvalue weighted by Crippen LogP contribution is -2.30. The molecule has 2 rings (SSSR count). The van der Waals surface area contributed by atoms with E-state index in [1.807, 2.05) is 0 Å². The van der Waals surface area contributed by atoms with Crippen molar-refractivity contribution in [2.75, 3.05) is 5.32 Å². The van der Waals surface area contributed by atoms with Gasteiger partial charge in [0.05, 0.1) is 11.2 Å². The molecule has 1 fully saturated rings. The zero-order chi connectivity index (χ0) is 13.8. The molecule has 0 spiro atoms. The molecule has 1 saturated carbocycles. The molecule has 0 aliphatic heterocycles. The monoisotopic (exact) mass is 283 g/mol. The molecular formula is C14H22ClN3O. The van der Waals surface area contributed by atoms with Gasteiger partial charge in [-0.1, -0.05) is 31.9 Å². The van der Waals surface area contributed by atoms with Crippen LogP contribution in [0.5, 0.6) is 0 Å². The van der Waals surface area contributed by atoms with Gasteiger partial charge in [0.2, 0.25) is 0 Å². The predicted molar refractivity (Wildman–Crippen MR) is 78.8 cm³/mol. The van der Waals surface area contributed by atoms with Crippen LogP contribution in [0, 0.1) is 5.92 Å². The lowest BCUT2D eigenvalue weighted by atomic mass is 10.1. The summed E-state index contributed by atoms with van der Waals surface area (Å²) in [6, 6.07) is 0.298. The third-order valence-electron chi connectivity index (χ3n) is 3.60. The van der Waals surface area contributed by atoms with Gasteiger partial charge in [0, 0.05) is 12.6 Å². The van der Waals surface area contributed by atoms with E-state index in [1.54, 1.807) is 10.9 Å². The van der Waals surface area contributed by atoms with Gasteiger partial charge in [-0.15, -0.1) is 0 Å². The minimum atomic E-state index is -0.0889. The Hall–Kier alpha value is -1.03. The van der Waals surface area contributed by atoms with Gasteiger partial charge >= 0.3 is 0 Å². The molecule has 1 aromatic heterocycles. The number of aromatic nitrogens is 2. The smallest absolute Gasteiger partial charge is 0.291 e. The van der Waals surface area contributed by atoms with E-state index in [0.717, 1.165) is 25.8 Å². The Labute approximate surface area is 119 Å². The van der Waals surface area contributed by atoms with Crippen LogP contribution in [0.3, 0.4) is 0 Å². The highest BCUT2D eigenvalue weighted by molar-refractivity contribution is 6.33. The SMILES string of the molecule is CCCC(CC)Nc1c(Cl)cnn(CC2CC2)c1=O. The Kier molecular flexibility index (Phi) is 4.86. The van der Waals surface area contributed by atoms with Crippen molar-refractivity contribution < 1.29 is 0 Å². The van der Waals surface area contributed by atoms with E-state index in [2.05, 4.69) is 24.3 Å². The van der Waals surface area contributed by atoms with Crippen LogP contribution in [0.4, 0.5) is 5.69 Å². The summed E-state index contributed by atoms with van der Waals surface area (Å²) in [6.07, 6.45) is 7.09. The number of nitrogens with one attached hydrogen (secondary N) is 1. The van der Waals surface area contributed by atoms with E-state index in [0.29, 0.717) is 22.7 Å². The molecular weight excluding hydrogens is 262 g/mol. The van der Waals surface area contributed by atoms with Gasteiger partial charge in [0.25, 0.3) is 5.56 Å². The predicted octanol–water partition coefficient (Wildman–Crippen LogP) is 3.30. The van der Waals surface area contributed by atoms with Gasteiger partial charge in [0.15, 0.2) is 0 Å². The molecule has 0 amide bonds. The second-order valence-corrected chi connectivity index (χ2v) is 5.74. The lowest BCUT2D eigenvalue weighted by molar-refractivity contribution is 0.532. The highest BCUT2D eigenvalue weighted by Gasteiger charge is 2.23. The average molecular weight is 284 g/mol. The topological polar surface area (TPSA) is 46.9 Å². The molecule has 1 N–H and O–H groups in total. The highest BCUT2D eigenvalue weighted by Crippen LogP contribution is 2.30. The van der Waals surface area contributed by atoms with E-state index < -0.39 is 0 Å². The maximum absolute atomic E-state index is 12.4. The van der Waals surface area contributed by atoms with Crippen LogP contribution >= 0.6 is 11.6 Å². The van der Waals surface area contributed by atoms with E-state index in [-0.39, 0.29) is 5.56 Å². The second kappa shape index (κ2) is 6.42. The maximum atomic E-state index is 12.4. The molecule has 1 aliphatic rings. The summed E-state index contributed by atoms with van der Waals surface area (Å²) in [6.45, 7) is 4.98. The summed E-state index contributed by atoms with van der Waals surface area (Å²) in [4.78, 5) is 12.4. The Bertz CT molecular complexity index is 482. The Morgan fingerprint density at radius 3 is 2.84 bits per heavy atom. The average Bonchev–Trinajstić information content (AvgIpc) is 3.20. The Balaban J connectivity index is 2.19. The van der Waals surface area contributed by atoms with Crippen LogP contribution in [-0.4, -0.2) is 15.8 Å². The lowest BCUT2D eigenvalue weighted by Gasteiger charge is -2.18. The van der Waals surface area contributed by atoms with E-state index >= 15 is 0 Å². The summed E-state index contributed by atoms with van der Waals surface area (Å²) in [5.74, 6) is 0.622. The molecule has 0 saturated heterocycles. The van der Waals surface area contributed by atoms with Gasteiger partial charge in [-0.05, 0) is 31.6 Å². The number of halogens is 1. The molecule has 5 heteroatoms. The molecule has 0 bridgehead atoms. The fraction of sp³-hybridized carbons (Fsp3) is 0.714. The zero-order valence-electron chi connectivity index (χ0n) is 11.7. The molecule has 4 nitrogen and oxygen atoms in total. The van der Waals surface area contributed by atoms with Crippen molar-refractivity contribution in [3.05, 3.63) is 21.6 Å². The summed E-state index contributed by atoms with van der Waals surface area (Å²) >= 11 is 6.12. The van der Waals surface area contributed by atoms with Gasteiger partial charge in [-0.2, -0.15) is 5.10 Å². The van der Waals surface area contributed by atoms with E-state index in [9.17, 15) is 4.79 Å². The summed E-state index contributed by atoms with van der Waals surface area (Å²) in [5, 5.41) is 7.85. The zero-order valence-corrected chi connectivity index (χ0v) is 12.4. The van der Waals surface area contributed by atoms with Crippen LogP contribution in [0.25, 0.3) is 0 Å². The molecule has 1 aliphatic carbocycles. The minimum absolute atomic E-state index is 0.0889. The van der Waals surface area contributed by atoms with Crippen LogP contribution in [0.15, 0.2) is 11.0 Å². The van der Waals surface area contributed by atoms with Gasteiger partial charge in [0.1, 0.15) is 5.69 Å². The molecule has 1 atom stereocenters. The third kappa shape index (κ3) is 3.72. The first-order valence-electron chi connectivity index (χ1n) is 7.17. The quantitative estimate of drug-likeness (QED) is 0.835. The summed E-state index contributed by atoms with van der Waals surface area (Å²) < 4.78 is 1.55. The van der Waals surface area contributed by atoms with Crippen LogP contribution < -0.4 is 10.9 Å². The highest BCUT2D eigenvalue weighted by atomic mass is 35.5. The molecule has 0 aromatic carbocycles. The normalized spacial score (nSPS) is 16.4.